The molecule has 0 unspecified atom stereocenters. The van der Waals surface area contributed by atoms with Crippen molar-refractivity contribution >= 4 is 17.6 Å². The number of nitrogens with zero attached hydrogens (tertiary/aromatic N) is 2. The lowest BCUT2D eigenvalue weighted by atomic mass is 9.81. The lowest BCUT2D eigenvalue weighted by molar-refractivity contribution is -0.118. The minimum absolute atomic E-state index is 0.0937. The number of halogens is 1. The van der Waals surface area contributed by atoms with Crippen LogP contribution in [0.15, 0.2) is 72.8 Å². The number of carbonyl (C=O) groups excluding carboxylic acids is 2. The predicted molar refractivity (Wildman–Crippen MR) is 134 cm³/mol. The fourth-order valence-electron chi connectivity index (χ4n) is 4.62. The maximum atomic E-state index is 14.8. The predicted octanol–water partition coefficient (Wildman–Crippen LogP) is 4.52. The number of hydrogen-bond acceptors (Lipinski definition) is 4. The van der Waals surface area contributed by atoms with E-state index in [1.807, 2.05) is 44.2 Å². The summed E-state index contributed by atoms with van der Waals surface area (Å²) in [5.74, 6) is -1.47. The molecular formula is C28H25FN4O3. The van der Waals surface area contributed by atoms with E-state index in [0.717, 1.165) is 11.3 Å². The van der Waals surface area contributed by atoms with E-state index in [9.17, 15) is 14.0 Å². The maximum absolute atomic E-state index is 14.8. The minimum Gasteiger partial charge on any atom is -0.494 e. The Morgan fingerprint density at radius 3 is 2.44 bits per heavy atom. The van der Waals surface area contributed by atoms with Crippen molar-refractivity contribution in [3.05, 3.63) is 107 Å². The normalized spacial score (nSPS) is 16.7. The van der Waals surface area contributed by atoms with Crippen LogP contribution in [0.3, 0.4) is 0 Å². The van der Waals surface area contributed by atoms with Gasteiger partial charge in [-0.3, -0.25) is 9.59 Å². The summed E-state index contributed by atoms with van der Waals surface area (Å²) in [4.78, 5) is 26.5. The lowest BCUT2D eigenvalue weighted by Crippen LogP contribution is -2.50. The Bertz CT molecular complexity index is 1450. The average Bonchev–Trinajstić information content (AvgIpc) is 3.20. The largest absolute Gasteiger partial charge is 0.494 e. The van der Waals surface area contributed by atoms with Crippen molar-refractivity contribution < 1.29 is 18.7 Å². The molecule has 0 saturated heterocycles. The van der Waals surface area contributed by atoms with Crippen LogP contribution in [0.2, 0.25) is 0 Å². The van der Waals surface area contributed by atoms with Crippen molar-refractivity contribution in [3.8, 4) is 11.4 Å². The van der Waals surface area contributed by atoms with Gasteiger partial charge in [0, 0.05) is 17.0 Å². The van der Waals surface area contributed by atoms with Crippen LogP contribution in [0.5, 0.6) is 5.75 Å². The standard InChI is InChI=1S/C28H25FN4O3/c1-16-9-12-20(13-10-16)33-26-23(17(2)32-33)24(19-11-14-22(36-3)21(29)15-19)25(28(35)31-26)30-27(34)18-7-5-4-6-8-18/h4-15,24-25H,1-3H3,(H,30,34)(H,31,35)/t24-,25-/m0/s1. The highest BCUT2D eigenvalue weighted by atomic mass is 19.1. The van der Waals surface area contributed by atoms with Crippen LogP contribution >= 0.6 is 0 Å². The van der Waals surface area contributed by atoms with Crippen LogP contribution in [0.25, 0.3) is 5.69 Å². The van der Waals surface area contributed by atoms with Gasteiger partial charge in [-0.1, -0.05) is 42.0 Å². The molecule has 3 aromatic carbocycles. The van der Waals surface area contributed by atoms with E-state index in [1.165, 1.54) is 19.2 Å². The van der Waals surface area contributed by atoms with Gasteiger partial charge in [-0.05, 0) is 55.8 Å². The summed E-state index contributed by atoms with van der Waals surface area (Å²) in [6.45, 7) is 3.83. The summed E-state index contributed by atoms with van der Waals surface area (Å²) in [6, 6.07) is 20.0. The van der Waals surface area contributed by atoms with Crippen LogP contribution in [-0.2, 0) is 4.79 Å². The third-order valence-electron chi connectivity index (χ3n) is 6.41. The van der Waals surface area contributed by atoms with Gasteiger partial charge in [0.05, 0.1) is 18.5 Å². The zero-order valence-corrected chi connectivity index (χ0v) is 20.1. The first-order valence-electron chi connectivity index (χ1n) is 11.5. The van der Waals surface area contributed by atoms with Crippen molar-refractivity contribution in [3.63, 3.8) is 0 Å². The molecular weight excluding hydrogens is 459 g/mol. The summed E-state index contributed by atoms with van der Waals surface area (Å²) >= 11 is 0. The quantitative estimate of drug-likeness (QED) is 0.436. The van der Waals surface area contributed by atoms with E-state index in [2.05, 4.69) is 10.6 Å². The van der Waals surface area contributed by atoms with Gasteiger partial charge in [-0.2, -0.15) is 5.10 Å². The minimum atomic E-state index is -0.993. The second-order valence-electron chi connectivity index (χ2n) is 8.77. The molecule has 0 radical (unpaired) electrons. The van der Waals surface area contributed by atoms with Gasteiger partial charge in [0.2, 0.25) is 5.91 Å². The second kappa shape index (κ2) is 9.30. The highest BCUT2D eigenvalue weighted by molar-refractivity contribution is 6.04. The number of rotatable bonds is 5. The molecule has 5 rings (SSSR count). The number of aromatic nitrogens is 2. The molecule has 0 aliphatic carbocycles. The summed E-state index contributed by atoms with van der Waals surface area (Å²) in [5, 5.41) is 10.5. The van der Waals surface area contributed by atoms with Crippen LogP contribution in [0.1, 0.15) is 38.7 Å². The average molecular weight is 485 g/mol. The topological polar surface area (TPSA) is 85.2 Å². The Kier molecular flexibility index (Phi) is 6.01. The second-order valence-corrected chi connectivity index (χ2v) is 8.77. The molecule has 0 spiro atoms. The molecule has 0 fully saturated rings. The summed E-state index contributed by atoms with van der Waals surface area (Å²) in [7, 11) is 1.39. The van der Waals surface area contributed by atoms with Crippen molar-refractivity contribution in [2.75, 3.05) is 12.4 Å². The summed E-state index contributed by atoms with van der Waals surface area (Å²) < 4.78 is 21.6. The molecule has 0 saturated carbocycles. The Morgan fingerprint density at radius 2 is 1.78 bits per heavy atom. The third-order valence-corrected chi connectivity index (χ3v) is 6.41. The monoisotopic (exact) mass is 484 g/mol. The maximum Gasteiger partial charge on any atom is 0.251 e. The number of amides is 2. The number of aryl methyl sites for hydroxylation is 2. The third kappa shape index (κ3) is 4.11. The molecule has 1 aliphatic rings. The van der Waals surface area contributed by atoms with Crippen LogP contribution in [-0.4, -0.2) is 34.7 Å². The molecule has 36 heavy (non-hydrogen) atoms. The van der Waals surface area contributed by atoms with Gasteiger partial charge in [-0.25, -0.2) is 9.07 Å². The summed E-state index contributed by atoms with van der Waals surface area (Å²) in [6.07, 6.45) is 0. The number of hydrogen-bond donors (Lipinski definition) is 2. The van der Waals surface area contributed by atoms with E-state index >= 15 is 0 Å². The van der Waals surface area contributed by atoms with Gasteiger partial charge in [-0.15, -0.1) is 0 Å². The smallest absolute Gasteiger partial charge is 0.251 e. The molecule has 0 bridgehead atoms. The molecule has 182 valence electrons. The van der Waals surface area contributed by atoms with Crippen molar-refractivity contribution in [2.24, 2.45) is 0 Å². The number of benzene rings is 3. The Morgan fingerprint density at radius 1 is 1.06 bits per heavy atom. The Hall–Kier alpha value is -4.46. The Balaban J connectivity index is 1.64. The molecule has 2 atom stereocenters. The molecule has 1 aliphatic heterocycles. The molecule has 2 N–H and O–H groups in total. The fourth-order valence-corrected chi connectivity index (χ4v) is 4.62. The van der Waals surface area contributed by atoms with Crippen LogP contribution < -0.4 is 15.4 Å². The Labute approximate surface area is 207 Å². The van der Waals surface area contributed by atoms with E-state index in [1.54, 1.807) is 35.0 Å². The number of nitrogens with one attached hydrogen (secondary N) is 2. The van der Waals surface area contributed by atoms with Gasteiger partial charge < -0.3 is 15.4 Å². The van der Waals surface area contributed by atoms with Crippen LogP contribution in [0.4, 0.5) is 10.2 Å². The van der Waals surface area contributed by atoms with Gasteiger partial charge in [0.25, 0.3) is 5.91 Å². The van der Waals surface area contributed by atoms with Gasteiger partial charge in [0.15, 0.2) is 11.6 Å². The molecule has 1 aromatic heterocycles. The molecule has 7 nitrogen and oxygen atoms in total. The van der Waals surface area contributed by atoms with Gasteiger partial charge in [0.1, 0.15) is 11.9 Å². The molecule has 2 heterocycles. The number of carbonyl (C=O) groups is 2. The van der Waals surface area contributed by atoms with E-state index < -0.39 is 29.6 Å². The highest BCUT2D eigenvalue weighted by Crippen LogP contribution is 2.41. The lowest BCUT2D eigenvalue weighted by Gasteiger charge is -2.33. The van der Waals surface area contributed by atoms with Crippen LogP contribution in [0, 0.1) is 19.7 Å². The first-order chi connectivity index (χ1) is 17.4. The van der Waals surface area contributed by atoms with Gasteiger partial charge >= 0.3 is 0 Å². The first-order valence-corrected chi connectivity index (χ1v) is 11.5. The van der Waals surface area contributed by atoms with E-state index in [4.69, 9.17) is 9.84 Å². The first kappa shape index (κ1) is 23.3. The fraction of sp³-hybridized carbons (Fsp3) is 0.179. The number of anilines is 1. The molecule has 8 heteroatoms. The van der Waals surface area contributed by atoms with E-state index in [-0.39, 0.29) is 5.75 Å². The number of fused-ring (bicyclic) bond motifs is 1. The zero-order valence-electron chi connectivity index (χ0n) is 20.1. The number of ether oxygens (including phenoxy) is 1. The molecule has 2 amide bonds. The van der Waals surface area contributed by atoms with E-state index in [0.29, 0.717) is 28.2 Å². The zero-order chi connectivity index (χ0) is 25.4. The van der Waals surface area contributed by atoms with Crippen molar-refractivity contribution in [1.29, 1.82) is 0 Å². The number of methoxy groups -OCH3 is 1. The summed E-state index contributed by atoms with van der Waals surface area (Å²) in [5.41, 5.74) is 4.17. The molecule has 4 aromatic rings. The van der Waals surface area contributed by atoms with Crippen molar-refractivity contribution in [2.45, 2.75) is 25.8 Å². The SMILES string of the molecule is COc1ccc([C@H]2c3c(C)nn(-c4ccc(C)cc4)c3NC(=O)[C@H]2NC(=O)c2ccccc2)cc1F. The highest BCUT2D eigenvalue weighted by Gasteiger charge is 2.42. The van der Waals surface area contributed by atoms with Crippen molar-refractivity contribution in [1.82, 2.24) is 15.1 Å².